The van der Waals surface area contributed by atoms with Crippen molar-refractivity contribution in [3.8, 4) is 0 Å². The molecule has 1 fully saturated rings. The van der Waals surface area contributed by atoms with Gasteiger partial charge >= 0.3 is 0 Å². The van der Waals surface area contributed by atoms with Crippen LogP contribution in [-0.4, -0.2) is 36.5 Å². The summed E-state index contributed by atoms with van der Waals surface area (Å²) < 4.78 is 5.82. The molecular weight excluding hydrogens is 332 g/mol. The van der Waals surface area contributed by atoms with Crippen LogP contribution in [0, 0.1) is 0 Å². The SMILES string of the molecule is c1ccc(C(c2ccccc2)(c2ccccc2)N2CC2C2=NCCO2)cc1. The van der Waals surface area contributed by atoms with Crippen LogP contribution in [0.2, 0.25) is 0 Å². The summed E-state index contributed by atoms with van der Waals surface area (Å²) in [6.07, 6.45) is 0. The molecule has 3 nitrogen and oxygen atoms in total. The standard InChI is InChI=1S/C24H22N2O/c1-4-10-19(11-5-1)24(20-12-6-2-7-13-20,21-14-8-3-9-15-21)26-18-22(26)23-25-16-17-27-23/h1-15,22H,16-18H2. The van der Waals surface area contributed by atoms with Gasteiger partial charge in [0.1, 0.15) is 12.6 Å². The zero-order valence-electron chi connectivity index (χ0n) is 15.2. The lowest BCUT2D eigenvalue weighted by atomic mass is 9.76. The van der Waals surface area contributed by atoms with E-state index in [9.17, 15) is 0 Å². The van der Waals surface area contributed by atoms with E-state index in [1.165, 1.54) is 16.7 Å². The summed E-state index contributed by atoms with van der Waals surface area (Å²) in [5.74, 6) is 0.891. The summed E-state index contributed by atoms with van der Waals surface area (Å²) in [6.45, 7) is 2.42. The number of aliphatic imine (C=N–C) groups is 1. The minimum atomic E-state index is -0.358. The van der Waals surface area contributed by atoms with Gasteiger partial charge in [0.2, 0.25) is 5.90 Å². The first-order chi connectivity index (χ1) is 13.4. The van der Waals surface area contributed by atoms with Crippen molar-refractivity contribution >= 4 is 5.90 Å². The molecule has 0 aromatic heterocycles. The normalized spacial score (nSPS) is 21.4. The van der Waals surface area contributed by atoms with Crippen LogP contribution in [0.4, 0.5) is 0 Å². The molecule has 0 aliphatic carbocycles. The van der Waals surface area contributed by atoms with Gasteiger partial charge in [0.25, 0.3) is 0 Å². The smallest absolute Gasteiger partial charge is 0.202 e. The lowest BCUT2D eigenvalue weighted by Gasteiger charge is -2.38. The summed E-state index contributed by atoms with van der Waals surface area (Å²) in [5, 5.41) is 0. The molecule has 134 valence electrons. The van der Waals surface area contributed by atoms with E-state index in [0.29, 0.717) is 6.61 Å². The second-order valence-electron chi connectivity index (χ2n) is 7.05. The number of hydrogen-bond donors (Lipinski definition) is 0. The van der Waals surface area contributed by atoms with Gasteiger partial charge in [0, 0.05) is 6.54 Å². The van der Waals surface area contributed by atoms with E-state index in [4.69, 9.17) is 4.74 Å². The summed E-state index contributed by atoms with van der Waals surface area (Å²) in [5.41, 5.74) is 3.44. The number of benzene rings is 3. The molecule has 0 radical (unpaired) electrons. The Bertz CT molecular complexity index is 841. The molecule has 2 heterocycles. The largest absolute Gasteiger partial charge is 0.478 e. The third kappa shape index (κ3) is 2.66. The van der Waals surface area contributed by atoms with Gasteiger partial charge in [-0.1, -0.05) is 91.0 Å². The Balaban J connectivity index is 1.73. The Morgan fingerprint density at radius 3 is 1.63 bits per heavy atom. The lowest BCUT2D eigenvalue weighted by Crippen LogP contribution is -2.40. The molecule has 3 heteroatoms. The van der Waals surface area contributed by atoms with E-state index >= 15 is 0 Å². The van der Waals surface area contributed by atoms with Crippen LogP contribution >= 0.6 is 0 Å². The van der Waals surface area contributed by atoms with Crippen LogP contribution in [0.1, 0.15) is 16.7 Å². The third-order valence-corrected chi connectivity index (χ3v) is 5.51. The summed E-state index contributed by atoms with van der Waals surface area (Å²) >= 11 is 0. The van der Waals surface area contributed by atoms with Crippen molar-refractivity contribution in [3.63, 3.8) is 0 Å². The molecular formula is C24H22N2O. The molecule has 1 saturated heterocycles. The maximum atomic E-state index is 5.82. The van der Waals surface area contributed by atoms with Crippen LogP contribution in [0.25, 0.3) is 0 Å². The van der Waals surface area contributed by atoms with Crippen molar-refractivity contribution < 1.29 is 4.74 Å². The monoisotopic (exact) mass is 354 g/mol. The highest BCUT2D eigenvalue weighted by molar-refractivity contribution is 5.86. The Morgan fingerprint density at radius 2 is 1.22 bits per heavy atom. The Kier molecular flexibility index (Phi) is 4.02. The maximum Gasteiger partial charge on any atom is 0.202 e. The minimum Gasteiger partial charge on any atom is -0.478 e. The van der Waals surface area contributed by atoms with Crippen LogP contribution in [0.15, 0.2) is 96.0 Å². The maximum absolute atomic E-state index is 5.82. The van der Waals surface area contributed by atoms with Crippen LogP contribution in [0.3, 0.4) is 0 Å². The van der Waals surface area contributed by atoms with E-state index < -0.39 is 0 Å². The summed E-state index contributed by atoms with van der Waals surface area (Å²) in [6, 6.07) is 32.6. The highest BCUT2D eigenvalue weighted by Crippen LogP contribution is 2.48. The number of rotatable bonds is 5. The molecule has 0 bridgehead atoms. The predicted octanol–water partition coefficient (Wildman–Crippen LogP) is 4.09. The highest BCUT2D eigenvalue weighted by Gasteiger charge is 2.55. The van der Waals surface area contributed by atoms with E-state index in [-0.39, 0.29) is 11.6 Å². The molecule has 2 unspecified atom stereocenters. The highest BCUT2D eigenvalue weighted by atomic mass is 16.5. The van der Waals surface area contributed by atoms with Crippen molar-refractivity contribution in [1.29, 1.82) is 0 Å². The fourth-order valence-electron chi connectivity index (χ4n) is 4.31. The second-order valence-corrected chi connectivity index (χ2v) is 7.05. The van der Waals surface area contributed by atoms with Gasteiger partial charge in [-0.25, -0.2) is 0 Å². The van der Waals surface area contributed by atoms with Gasteiger partial charge in [-0.15, -0.1) is 0 Å². The Morgan fingerprint density at radius 1 is 0.741 bits per heavy atom. The molecule has 0 saturated carbocycles. The van der Waals surface area contributed by atoms with Crippen molar-refractivity contribution in [2.75, 3.05) is 19.7 Å². The van der Waals surface area contributed by atoms with Crippen molar-refractivity contribution in [1.82, 2.24) is 4.90 Å². The molecule has 27 heavy (non-hydrogen) atoms. The van der Waals surface area contributed by atoms with Gasteiger partial charge < -0.3 is 4.74 Å². The average Bonchev–Trinajstić information content (AvgIpc) is 3.34. The van der Waals surface area contributed by atoms with Crippen molar-refractivity contribution in [2.24, 2.45) is 4.99 Å². The van der Waals surface area contributed by atoms with Crippen molar-refractivity contribution in [3.05, 3.63) is 108 Å². The fraction of sp³-hybridized carbons (Fsp3) is 0.208. The topological polar surface area (TPSA) is 24.6 Å². The summed E-state index contributed by atoms with van der Waals surface area (Å²) in [4.78, 5) is 7.11. The average molecular weight is 354 g/mol. The number of ether oxygens (including phenoxy) is 1. The lowest BCUT2D eigenvalue weighted by molar-refractivity contribution is 0.302. The molecule has 2 aliphatic heterocycles. The number of nitrogens with zero attached hydrogens (tertiary/aromatic N) is 2. The first-order valence-corrected chi connectivity index (χ1v) is 9.51. The van der Waals surface area contributed by atoms with Gasteiger partial charge in [0.05, 0.1) is 12.1 Å². The third-order valence-electron chi connectivity index (χ3n) is 5.51. The molecule has 0 spiro atoms. The molecule has 3 aromatic rings. The molecule has 0 amide bonds. The Labute approximate surface area is 159 Å². The molecule has 0 N–H and O–H groups in total. The molecule has 3 aromatic carbocycles. The van der Waals surface area contributed by atoms with E-state index in [1.807, 2.05) is 0 Å². The zero-order chi connectivity index (χ0) is 18.1. The first kappa shape index (κ1) is 16.3. The van der Waals surface area contributed by atoms with Gasteiger partial charge in [0.15, 0.2) is 0 Å². The molecule has 2 aliphatic rings. The van der Waals surface area contributed by atoms with E-state index in [0.717, 1.165) is 19.0 Å². The van der Waals surface area contributed by atoms with E-state index in [1.54, 1.807) is 0 Å². The number of hydrogen-bond acceptors (Lipinski definition) is 3. The second kappa shape index (κ2) is 6.67. The molecule has 5 rings (SSSR count). The fourth-order valence-corrected chi connectivity index (χ4v) is 4.31. The quantitative estimate of drug-likeness (QED) is 0.509. The van der Waals surface area contributed by atoms with Gasteiger partial charge in [-0.05, 0) is 16.7 Å². The van der Waals surface area contributed by atoms with Crippen LogP contribution in [-0.2, 0) is 10.3 Å². The minimum absolute atomic E-state index is 0.230. The first-order valence-electron chi connectivity index (χ1n) is 9.51. The zero-order valence-corrected chi connectivity index (χ0v) is 15.2. The predicted molar refractivity (Wildman–Crippen MR) is 108 cm³/mol. The van der Waals surface area contributed by atoms with E-state index in [2.05, 4.69) is 101 Å². The van der Waals surface area contributed by atoms with Gasteiger partial charge in [-0.2, -0.15) is 0 Å². The van der Waals surface area contributed by atoms with Crippen LogP contribution < -0.4 is 0 Å². The van der Waals surface area contributed by atoms with Gasteiger partial charge in [-0.3, -0.25) is 9.89 Å². The Hall–Kier alpha value is -2.91. The van der Waals surface area contributed by atoms with Crippen molar-refractivity contribution in [2.45, 2.75) is 11.6 Å². The molecule has 2 atom stereocenters. The summed E-state index contributed by atoms with van der Waals surface area (Å²) in [7, 11) is 0. The van der Waals surface area contributed by atoms with Crippen LogP contribution in [0.5, 0.6) is 0 Å².